The van der Waals surface area contributed by atoms with E-state index in [-0.39, 0.29) is 23.5 Å². The summed E-state index contributed by atoms with van der Waals surface area (Å²) in [7, 11) is 1.37. The number of halogens is 1. The molecule has 3 heterocycles. The molecule has 0 N–H and O–H groups in total. The van der Waals surface area contributed by atoms with E-state index in [4.69, 9.17) is 21.6 Å². The average molecular weight is 344 g/mol. The van der Waals surface area contributed by atoms with E-state index >= 15 is 0 Å². The van der Waals surface area contributed by atoms with Gasteiger partial charge in [0.15, 0.2) is 11.5 Å². The van der Waals surface area contributed by atoms with Gasteiger partial charge in [0.2, 0.25) is 0 Å². The highest BCUT2D eigenvalue weighted by Gasteiger charge is 2.40. The maximum absolute atomic E-state index is 12.2. The van der Waals surface area contributed by atoms with E-state index in [0.717, 1.165) is 5.69 Å². The molecule has 1 aliphatic rings. The minimum atomic E-state index is -0.360. The molecule has 2 atom stereocenters. The molecule has 0 aliphatic carbocycles. The van der Waals surface area contributed by atoms with Gasteiger partial charge in [0, 0.05) is 30.9 Å². The van der Waals surface area contributed by atoms with Crippen molar-refractivity contribution in [1.82, 2.24) is 15.2 Å². The number of pyridine rings is 1. The Morgan fingerprint density at radius 1 is 1.33 bits per heavy atom. The van der Waals surface area contributed by atoms with Crippen LogP contribution in [-0.2, 0) is 9.53 Å². The first-order valence-corrected chi connectivity index (χ1v) is 7.68. The summed E-state index contributed by atoms with van der Waals surface area (Å²) >= 11 is 5.89. The van der Waals surface area contributed by atoms with Gasteiger partial charge in [-0.15, -0.1) is 10.2 Å². The highest BCUT2D eigenvalue weighted by Crippen LogP contribution is 2.34. The summed E-state index contributed by atoms with van der Waals surface area (Å²) in [6.07, 6.45) is 1.56. The monoisotopic (exact) mass is 343 g/mol. The van der Waals surface area contributed by atoms with Crippen LogP contribution in [0.15, 0.2) is 30.5 Å². The SMILES string of the molecule is COC(=O)[C@@H]1CN(c2ccc(C#N)nn2)C[C@H]1c1ccc(Cl)cn1. The molecule has 2 aromatic heterocycles. The van der Waals surface area contributed by atoms with Crippen LogP contribution in [0.2, 0.25) is 5.02 Å². The molecule has 3 rings (SSSR count). The van der Waals surface area contributed by atoms with Crippen LogP contribution in [0.5, 0.6) is 0 Å². The third-order valence-electron chi connectivity index (χ3n) is 4.04. The molecule has 0 unspecified atom stereocenters. The van der Waals surface area contributed by atoms with Crippen LogP contribution in [0, 0.1) is 17.2 Å². The molecule has 0 saturated carbocycles. The van der Waals surface area contributed by atoms with E-state index < -0.39 is 0 Å². The molecule has 8 heteroatoms. The van der Waals surface area contributed by atoms with Crippen LogP contribution in [0.25, 0.3) is 0 Å². The molecule has 1 saturated heterocycles. The minimum Gasteiger partial charge on any atom is -0.469 e. The van der Waals surface area contributed by atoms with Crippen LogP contribution >= 0.6 is 11.6 Å². The number of esters is 1. The fourth-order valence-electron chi connectivity index (χ4n) is 2.84. The van der Waals surface area contributed by atoms with Gasteiger partial charge in [-0.3, -0.25) is 9.78 Å². The number of aromatic nitrogens is 3. The summed E-state index contributed by atoms with van der Waals surface area (Å²) in [6, 6.07) is 8.82. The Kier molecular flexibility index (Phi) is 4.58. The molecule has 0 amide bonds. The Labute approximate surface area is 143 Å². The second kappa shape index (κ2) is 6.81. The number of methoxy groups -OCH3 is 1. The van der Waals surface area contributed by atoms with Crippen LogP contribution in [0.3, 0.4) is 0 Å². The average Bonchev–Trinajstić information content (AvgIpc) is 3.07. The number of ether oxygens (including phenoxy) is 1. The summed E-state index contributed by atoms with van der Waals surface area (Å²) < 4.78 is 4.93. The van der Waals surface area contributed by atoms with Gasteiger partial charge in [0.1, 0.15) is 6.07 Å². The molecule has 0 radical (unpaired) electrons. The van der Waals surface area contributed by atoms with Crippen molar-refractivity contribution in [3.8, 4) is 6.07 Å². The van der Waals surface area contributed by atoms with Gasteiger partial charge in [0.25, 0.3) is 0 Å². The van der Waals surface area contributed by atoms with E-state index in [0.29, 0.717) is 23.9 Å². The molecule has 1 aliphatic heterocycles. The van der Waals surface area contributed by atoms with Crippen molar-refractivity contribution >= 4 is 23.4 Å². The van der Waals surface area contributed by atoms with Crippen molar-refractivity contribution in [3.05, 3.63) is 46.9 Å². The molecule has 0 bridgehead atoms. The van der Waals surface area contributed by atoms with Crippen molar-refractivity contribution < 1.29 is 9.53 Å². The number of hydrogen-bond acceptors (Lipinski definition) is 7. The van der Waals surface area contributed by atoms with Crippen molar-refractivity contribution in [2.75, 3.05) is 25.1 Å². The number of hydrogen-bond donors (Lipinski definition) is 0. The number of carbonyl (C=O) groups is 1. The van der Waals surface area contributed by atoms with E-state index in [1.807, 2.05) is 17.0 Å². The second-order valence-electron chi connectivity index (χ2n) is 5.43. The Balaban J connectivity index is 1.88. The van der Waals surface area contributed by atoms with Crippen LogP contribution in [0.1, 0.15) is 17.3 Å². The Bertz CT molecular complexity index is 773. The third-order valence-corrected chi connectivity index (χ3v) is 4.27. The quantitative estimate of drug-likeness (QED) is 0.784. The molecule has 1 fully saturated rings. The summed E-state index contributed by atoms with van der Waals surface area (Å²) in [4.78, 5) is 18.4. The van der Waals surface area contributed by atoms with Gasteiger partial charge in [-0.05, 0) is 24.3 Å². The molecule has 7 nitrogen and oxygen atoms in total. The lowest BCUT2D eigenvalue weighted by molar-refractivity contribution is -0.145. The van der Waals surface area contributed by atoms with Gasteiger partial charge in [-0.25, -0.2) is 0 Å². The minimum absolute atomic E-state index is 0.132. The first kappa shape index (κ1) is 16.1. The molecule has 24 heavy (non-hydrogen) atoms. The van der Waals surface area contributed by atoms with Gasteiger partial charge >= 0.3 is 5.97 Å². The number of carbonyl (C=O) groups excluding carboxylic acids is 1. The van der Waals surface area contributed by atoms with Gasteiger partial charge < -0.3 is 9.64 Å². The Morgan fingerprint density at radius 2 is 2.17 bits per heavy atom. The van der Waals surface area contributed by atoms with Crippen LogP contribution < -0.4 is 4.90 Å². The molecule has 0 aromatic carbocycles. The zero-order chi connectivity index (χ0) is 17.1. The fraction of sp³-hybridized carbons (Fsp3) is 0.312. The fourth-order valence-corrected chi connectivity index (χ4v) is 2.95. The molecule has 2 aromatic rings. The summed E-state index contributed by atoms with van der Waals surface area (Å²) in [6.45, 7) is 0.997. The smallest absolute Gasteiger partial charge is 0.311 e. The maximum Gasteiger partial charge on any atom is 0.311 e. The zero-order valence-electron chi connectivity index (χ0n) is 12.9. The predicted molar refractivity (Wildman–Crippen MR) is 86.5 cm³/mol. The van der Waals surface area contributed by atoms with E-state index in [2.05, 4.69) is 15.2 Å². The molecular formula is C16H14ClN5O2. The largest absolute Gasteiger partial charge is 0.469 e. The normalized spacial score (nSPS) is 19.8. The lowest BCUT2D eigenvalue weighted by Crippen LogP contribution is -2.25. The lowest BCUT2D eigenvalue weighted by Gasteiger charge is -2.16. The van der Waals surface area contributed by atoms with Crippen LogP contribution in [0.4, 0.5) is 5.82 Å². The number of anilines is 1. The first-order valence-electron chi connectivity index (χ1n) is 7.30. The third kappa shape index (κ3) is 3.14. The Morgan fingerprint density at radius 3 is 2.75 bits per heavy atom. The van der Waals surface area contributed by atoms with Gasteiger partial charge in [-0.1, -0.05) is 11.6 Å². The number of nitriles is 1. The summed E-state index contributed by atoms with van der Waals surface area (Å²) in [5.41, 5.74) is 1.03. The summed E-state index contributed by atoms with van der Waals surface area (Å²) in [5, 5.41) is 17.2. The van der Waals surface area contributed by atoms with E-state index in [1.165, 1.54) is 7.11 Å². The maximum atomic E-state index is 12.2. The predicted octanol–water partition coefficient (Wildman–Crippen LogP) is 1.79. The standard InChI is InChI=1S/C16H14ClN5O2/c1-24-16(23)13-9-22(15-5-3-11(6-18)20-21-15)8-12(13)14-4-2-10(17)7-19-14/h2-5,7,12-13H,8-9H2,1H3/t12-,13-/m1/s1. The van der Waals surface area contributed by atoms with Crippen molar-refractivity contribution in [1.29, 1.82) is 5.26 Å². The number of nitrogens with zero attached hydrogens (tertiary/aromatic N) is 5. The lowest BCUT2D eigenvalue weighted by atomic mass is 9.92. The van der Waals surface area contributed by atoms with Gasteiger partial charge in [0.05, 0.1) is 18.1 Å². The van der Waals surface area contributed by atoms with E-state index in [1.54, 1.807) is 24.4 Å². The topological polar surface area (TPSA) is 92.0 Å². The molecular weight excluding hydrogens is 330 g/mol. The zero-order valence-corrected chi connectivity index (χ0v) is 13.6. The number of rotatable bonds is 3. The van der Waals surface area contributed by atoms with Gasteiger partial charge in [-0.2, -0.15) is 5.26 Å². The molecule has 122 valence electrons. The van der Waals surface area contributed by atoms with Crippen molar-refractivity contribution in [3.63, 3.8) is 0 Å². The van der Waals surface area contributed by atoms with Crippen molar-refractivity contribution in [2.45, 2.75) is 5.92 Å². The first-order chi connectivity index (χ1) is 11.6. The second-order valence-corrected chi connectivity index (χ2v) is 5.87. The highest BCUT2D eigenvalue weighted by atomic mass is 35.5. The van der Waals surface area contributed by atoms with E-state index in [9.17, 15) is 4.79 Å². The Hall–Kier alpha value is -2.72. The van der Waals surface area contributed by atoms with Crippen molar-refractivity contribution in [2.24, 2.45) is 5.92 Å². The highest BCUT2D eigenvalue weighted by molar-refractivity contribution is 6.30. The summed E-state index contributed by atoms with van der Waals surface area (Å²) in [5.74, 6) is -0.173. The molecule has 0 spiro atoms. The van der Waals surface area contributed by atoms with Crippen LogP contribution in [-0.4, -0.2) is 41.3 Å².